The third-order valence-electron chi connectivity index (χ3n) is 4.73. The first-order valence-corrected chi connectivity index (χ1v) is 9.38. The number of anilines is 1. The zero-order chi connectivity index (χ0) is 21.1. The van der Waals surface area contributed by atoms with Crippen LogP contribution in [0.15, 0.2) is 60.8 Å². The number of amides is 3. The molecule has 0 bridgehead atoms. The van der Waals surface area contributed by atoms with Crippen molar-refractivity contribution in [1.29, 1.82) is 0 Å². The summed E-state index contributed by atoms with van der Waals surface area (Å²) in [6.45, 7) is 0.666. The number of aromatic nitrogens is 2. The summed E-state index contributed by atoms with van der Waals surface area (Å²) in [5.74, 6) is -1.54. The molecule has 0 radical (unpaired) electrons. The van der Waals surface area contributed by atoms with Crippen LogP contribution in [0.5, 0.6) is 5.75 Å². The molecule has 1 aliphatic rings. The smallest absolute Gasteiger partial charge is 0.294 e. The molecule has 9 heteroatoms. The summed E-state index contributed by atoms with van der Waals surface area (Å²) in [5.41, 5.74) is 6.03. The van der Waals surface area contributed by atoms with Crippen molar-refractivity contribution in [3.63, 3.8) is 0 Å². The Labute approximate surface area is 171 Å². The maximum absolute atomic E-state index is 12.3. The molecule has 0 unspecified atom stereocenters. The molecular weight excluding hydrogens is 386 g/mol. The molecule has 152 valence electrons. The SMILES string of the molecule is O=C(NNC(=O)c1nn(-c2ccccc2)cc1O)c1ccc(N2CCCC2=O)cc1. The zero-order valence-electron chi connectivity index (χ0n) is 15.9. The van der Waals surface area contributed by atoms with E-state index in [0.29, 0.717) is 24.2 Å². The summed E-state index contributed by atoms with van der Waals surface area (Å²) in [7, 11) is 0. The minimum absolute atomic E-state index is 0.0641. The largest absolute Gasteiger partial charge is 0.504 e. The molecule has 2 aromatic carbocycles. The molecule has 0 atom stereocenters. The summed E-state index contributed by atoms with van der Waals surface area (Å²) in [4.78, 5) is 38.1. The average molecular weight is 405 g/mol. The van der Waals surface area contributed by atoms with E-state index in [1.807, 2.05) is 6.07 Å². The predicted molar refractivity (Wildman–Crippen MR) is 108 cm³/mol. The van der Waals surface area contributed by atoms with Gasteiger partial charge in [-0.2, -0.15) is 5.10 Å². The van der Waals surface area contributed by atoms with Crippen LogP contribution in [0, 0.1) is 0 Å². The number of nitrogens with zero attached hydrogens (tertiary/aromatic N) is 3. The third-order valence-corrected chi connectivity index (χ3v) is 4.73. The fourth-order valence-electron chi connectivity index (χ4n) is 3.20. The number of benzene rings is 2. The Bertz CT molecular complexity index is 1090. The van der Waals surface area contributed by atoms with Gasteiger partial charge in [0.2, 0.25) is 5.91 Å². The number of aromatic hydroxyl groups is 1. The van der Waals surface area contributed by atoms with Crippen LogP contribution in [0.3, 0.4) is 0 Å². The van der Waals surface area contributed by atoms with Crippen LogP contribution in [0.1, 0.15) is 33.7 Å². The van der Waals surface area contributed by atoms with Gasteiger partial charge in [-0.3, -0.25) is 25.2 Å². The molecule has 9 nitrogen and oxygen atoms in total. The van der Waals surface area contributed by atoms with Gasteiger partial charge in [0.15, 0.2) is 11.4 Å². The maximum atomic E-state index is 12.3. The van der Waals surface area contributed by atoms with Crippen molar-refractivity contribution in [2.75, 3.05) is 11.4 Å². The second-order valence-electron chi connectivity index (χ2n) is 6.75. The molecule has 2 heterocycles. The maximum Gasteiger partial charge on any atom is 0.294 e. The van der Waals surface area contributed by atoms with Crippen LogP contribution < -0.4 is 15.8 Å². The Balaban J connectivity index is 1.39. The van der Waals surface area contributed by atoms with Gasteiger partial charge in [-0.05, 0) is 42.8 Å². The summed E-state index contributed by atoms with van der Waals surface area (Å²) in [5, 5.41) is 14.1. The minimum atomic E-state index is -0.755. The van der Waals surface area contributed by atoms with Crippen LogP contribution in [0.25, 0.3) is 5.69 Å². The predicted octanol–water partition coefficient (Wildman–Crippen LogP) is 1.78. The van der Waals surface area contributed by atoms with E-state index in [4.69, 9.17) is 0 Å². The van der Waals surface area contributed by atoms with Crippen LogP contribution in [0.2, 0.25) is 0 Å². The molecule has 1 aromatic heterocycles. The number of hydrogen-bond donors (Lipinski definition) is 3. The Morgan fingerprint density at radius 3 is 2.30 bits per heavy atom. The van der Waals surface area contributed by atoms with Crippen molar-refractivity contribution in [1.82, 2.24) is 20.6 Å². The highest BCUT2D eigenvalue weighted by Gasteiger charge is 2.22. The van der Waals surface area contributed by atoms with Crippen LogP contribution >= 0.6 is 0 Å². The van der Waals surface area contributed by atoms with Gasteiger partial charge in [0.1, 0.15) is 0 Å². The van der Waals surface area contributed by atoms with E-state index in [0.717, 1.165) is 12.1 Å². The molecule has 1 aliphatic heterocycles. The first-order chi connectivity index (χ1) is 14.5. The van der Waals surface area contributed by atoms with E-state index in [1.165, 1.54) is 10.9 Å². The second-order valence-corrected chi connectivity index (χ2v) is 6.75. The van der Waals surface area contributed by atoms with Crippen molar-refractivity contribution in [2.24, 2.45) is 0 Å². The fraction of sp³-hybridized carbons (Fsp3) is 0.143. The van der Waals surface area contributed by atoms with Gasteiger partial charge in [-0.15, -0.1) is 0 Å². The first kappa shape index (κ1) is 19.2. The zero-order valence-corrected chi connectivity index (χ0v) is 15.9. The van der Waals surface area contributed by atoms with Gasteiger partial charge in [-0.1, -0.05) is 18.2 Å². The second kappa shape index (κ2) is 8.08. The molecule has 0 saturated carbocycles. The highest BCUT2D eigenvalue weighted by atomic mass is 16.3. The fourth-order valence-corrected chi connectivity index (χ4v) is 3.20. The van der Waals surface area contributed by atoms with Crippen molar-refractivity contribution in [2.45, 2.75) is 12.8 Å². The average Bonchev–Trinajstić information content (AvgIpc) is 3.38. The lowest BCUT2D eigenvalue weighted by atomic mass is 10.2. The molecule has 30 heavy (non-hydrogen) atoms. The number of carbonyl (C=O) groups excluding carboxylic acids is 3. The van der Waals surface area contributed by atoms with Gasteiger partial charge in [0.25, 0.3) is 11.8 Å². The van der Waals surface area contributed by atoms with Gasteiger partial charge in [-0.25, -0.2) is 4.68 Å². The Morgan fingerprint density at radius 2 is 1.63 bits per heavy atom. The van der Waals surface area contributed by atoms with E-state index in [9.17, 15) is 19.5 Å². The van der Waals surface area contributed by atoms with E-state index >= 15 is 0 Å². The van der Waals surface area contributed by atoms with Crippen LogP contribution in [-0.4, -0.2) is 39.2 Å². The lowest BCUT2D eigenvalue weighted by Crippen LogP contribution is -2.41. The first-order valence-electron chi connectivity index (χ1n) is 9.38. The molecule has 3 N–H and O–H groups in total. The quantitative estimate of drug-likeness (QED) is 0.572. The summed E-state index contributed by atoms with van der Waals surface area (Å²) in [6.07, 6.45) is 2.66. The molecule has 4 rings (SSSR count). The Hall–Kier alpha value is -4.14. The number of nitrogens with one attached hydrogen (secondary N) is 2. The van der Waals surface area contributed by atoms with Crippen molar-refractivity contribution < 1.29 is 19.5 Å². The molecule has 0 spiro atoms. The lowest BCUT2D eigenvalue weighted by molar-refractivity contribution is -0.117. The molecule has 0 aliphatic carbocycles. The third kappa shape index (κ3) is 3.86. The Kier molecular flexibility index (Phi) is 5.17. The van der Waals surface area contributed by atoms with Gasteiger partial charge >= 0.3 is 0 Å². The van der Waals surface area contributed by atoms with Crippen LogP contribution in [-0.2, 0) is 4.79 Å². The van der Waals surface area contributed by atoms with E-state index in [2.05, 4.69) is 16.0 Å². The number of hydrazine groups is 1. The lowest BCUT2D eigenvalue weighted by Gasteiger charge is -2.15. The molecule has 1 saturated heterocycles. The van der Waals surface area contributed by atoms with Gasteiger partial charge < -0.3 is 10.0 Å². The number of carbonyl (C=O) groups is 3. The Morgan fingerprint density at radius 1 is 0.933 bits per heavy atom. The van der Waals surface area contributed by atoms with E-state index < -0.39 is 11.8 Å². The highest BCUT2D eigenvalue weighted by molar-refractivity contribution is 6.00. The van der Waals surface area contributed by atoms with Crippen molar-refractivity contribution >= 4 is 23.4 Å². The molecular formula is C21H19N5O4. The van der Waals surface area contributed by atoms with Crippen molar-refractivity contribution in [3.05, 3.63) is 72.1 Å². The molecule has 1 fully saturated rings. The normalized spacial score (nSPS) is 13.3. The van der Waals surface area contributed by atoms with Crippen molar-refractivity contribution in [3.8, 4) is 11.4 Å². The molecule has 3 amide bonds. The minimum Gasteiger partial charge on any atom is -0.504 e. The van der Waals surface area contributed by atoms with Crippen LogP contribution in [0.4, 0.5) is 5.69 Å². The van der Waals surface area contributed by atoms with Gasteiger partial charge in [0, 0.05) is 24.2 Å². The monoisotopic (exact) mass is 405 g/mol. The van der Waals surface area contributed by atoms with E-state index in [-0.39, 0.29) is 17.4 Å². The number of hydrogen-bond acceptors (Lipinski definition) is 5. The standard InChI is InChI=1S/C21H19N5O4/c27-17-13-26(16-5-2-1-3-6-16)24-19(17)21(30)23-22-20(29)14-8-10-15(11-9-14)25-12-4-7-18(25)28/h1-3,5-6,8-11,13,27H,4,7,12H2,(H,22,29)(H,23,30). The highest BCUT2D eigenvalue weighted by Crippen LogP contribution is 2.21. The number of para-hydroxylation sites is 1. The van der Waals surface area contributed by atoms with Gasteiger partial charge in [0.05, 0.1) is 11.9 Å². The topological polar surface area (TPSA) is 117 Å². The van der Waals surface area contributed by atoms with E-state index in [1.54, 1.807) is 53.4 Å². The summed E-state index contributed by atoms with van der Waals surface area (Å²) < 4.78 is 1.37. The summed E-state index contributed by atoms with van der Waals surface area (Å²) >= 11 is 0. The number of rotatable bonds is 4. The molecule has 3 aromatic rings. The summed E-state index contributed by atoms with van der Waals surface area (Å²) in [6, 6.07) is 15.5.